The average Bonchev–Trinajstić information content (AvgIpc) is 2.26. The van der Waals surface area contributed by atoms with E-state index < -0.39 is 11.8 Å². The molecule has 0 saturated heterocycles. The van der Waals surface area contributed by atoms with Gasteiger partial charge in [0.05, 0.1) is 12.1 Å². The zero-order valence-corrected chi connectivity index (χ0v) is 9.92. The summed E-state index contributed by atoms with van der Waals surface area (Å²) in [5.41, 5.74) is 0.370. The molecule has 0 heterocycles. The summed E-state index contributed by atoms with van der Waals surface area (Å²) in [7, 11) is 1.22. The Balaban J connectivity index is 2.93. The number of carbonyl (C=O) groups is 1. The third-order valence-corrected chi connectivity index (χ3v) is 2.55. The molecule has 0 radical (unpaired) electrons. The molecule has 0 bridgehead atoms. The average molecular weight is 263 g/mol. The zero-order valence-electron chi connectivity index (χ0n) is 9.17. The number of aliphatic carboxylic acids is 1. The number of carboxylic acids is 1. The topological polar surface area (TPSA) is 66.8 Å². The maximum absolute atomic E-state index is 13.4. The number of ether oxygens (including phenoxy) is 1. The van der Waals surface area contributed by atoms with Gasteiger partial charge in [-0.3, -0.25) is 4.79 Å². The van der Waals surface area contributed by atoms with Gasteiger partial charge in [-0.25, -0.2) is 4.39 Å². The van der Waals surface area contributed by atoms with E-state index in [4.69, 9.17) is 21.4 Å². The predicted molar refractivity (Wildman–Crippen MR) is 60.2 cm³/mol. The van der Waals surface area contributed by atoms with E-state index in [-0.39, 0.29) is 29.4 Å². The summed E-state index contributed by atoms with van der Waals surface area (Å²) in [6.45, 7) is 0. The van der Waals surface area contributed by atoms with Crippen LogP contribution in [0.5, 0.6) is 11.5 Å². The summed E-state index contributed by atoms with van der Waals surface area (Å²) in [6, 6.07) is 1.27. The number of halogens is 2. The molecule has 1 rings (SSSR count). The Labute approximate surface area is 103 Å². The summed E-state index contributed by atoms with van der Waals surface area (Å²) in [5, 5.41) is 18.0. The van der Waals surface area contributed by atoms with Crippen LogP contribution < -0.4 is 4.74 Å². The third-order valence-electron chi connectivity index (χ3n) is 2.27. The second kappa shape index (κ2) is 5.72. The molecular formula is C11H12ClFO4. The van der Waals surface area contributed by atoms with E-state index in [1.807, 2.05) is 0 Å². The van der Waals surface area contributed by atoms with Crippen molar-refractivity contribution < 1.29 is 24.1 Å². The molecule has 17 heavy (non-hydrogen) atoms. The fourth-order valence-electron chi connectivity index (χ4n) is 1.45. The highest BCUT2D eigenvalue weighted by molar-refractivity contribution is 6.31. The van der Waals surface area contributed by atoms with Crippen LogP contribution in [-0.2, 0) is 11.2 Å². The first-order valence-electron chi connectivity index (χ1n) is 4.93. The monoisotopic (exact) mass is 262 g/mol. The number of phenols is 1. The van der Waals surface area contributed by atoms with E-state index in [1.54, 1.807) is 0 Å². The van der Waals surface area contributed by atoms with Crippen molar-refractivity contribution in [1.29, 1.82) is 0 Å². The summed E-state index contributed by atoms with van der Waals surface area (Å²) in [6.07, 6.45) is 0.583. The van der Waals surface area contributed by atoms with Crippen LogP contribution in [0.4, 0.5) is 4.39 Å². The minimum atomic E-state index is -0.926. The molecular weight excluding hydrogens is 251 g/mol. The van der Waals surface area contributed by atoms with Crippen LogP contribution in [0.25, 0.3) is 0 Å². The lowest BCUT2D eigenvalue weighted by molar-refractivity contribution is -0.137. The van der Waals surface area contributed by atoms with Gasteiger partial charge in [-0.1, -0.05) is 11.6 Å². The molecule has 6 heteroatoms. The van der Waals surface area contributed by atoms with Gasteiger partial charge in [-0.2, -0.15) is 0 Å². The molecule has 0 aliphatic heterocycles. The molecule has 0 fully saturated rings. The lowest BCUT2D eigenvalue weighted by Gasteiger charge is -2.10. The molecule has 2 N–H and O–H groups in total. The number of benzene rings is 1. The minimum absolute atomic E-state index is 0.0310. The van der Waals surface area contributed by atoms with Crippen LogP contribution in [0.1, 0.15) is 18.4 Å². The SMILES string of the molecule is COc1c(O)c(CCCC(=O)O)cc(Cl)c1F. The fraction of sp³-hybridized carbons (Fsp3) is 0.364. The highest BCUT2D eigenvalue weighted by Gasteiger charge is 2.17. The van der Waals surface area contributed by atoms with Crippen LogP contribution in [0.3, 0.4) is 0 Å². The van der Waals surface area contributed by atoms with Crippen molar-refractivity contribution in [3.63, 3.8) is 0 Å². The van der Waals surface area contributed by atoms with Crippen LogP contribution in [0, 0.1) is 5.82 Å². The Kier molecular flexibility index (Phi) is 4.57. The summed E-state index contributed by atoms with van der Waals surface area (Å²) in [5.74, 6) is -2.40. The first-order valence-corrected chi connectivity index (χ1v) is 5.30. The maximum atomic E-state index is 13.4. The molecule has 0 aliphatic carbocycles. The van der Waals surface area contributed by atoms with Gasteiger partial charge >= 0.3 is 5.97 Å². The van der Waals surface area contributed by atoms with Crippen molar-refractivity contribution in [2.45, 2.75) is 19.3 Å². The van der Waals surface area contributed by atoms with Crippen molar-refractivity contribution in [1.82, 2.24) is 0 Å². The van der Waals surface area contributed by atoms with Gasteiger partial charge in [0.1, 0.15) is 0 Å². The van der Waals surface area contributed by atoms with E-state index in [2.05, 4.69) is 0 Å². The van der Waals surface area contributed by atoms with Crippen LogP contribution in [0.15, 0.2) is 6.07 Å². The quantitative estimate of drug-likeness (QED) is 0.856. The van der Waals surface area contributed by atoms with E-state index in [0.717, 1.165) is 0 Å². The molecule has 0 unspecified atom stereocenters. The largest absolute Gasteiger partial charge is 0.504 e. The Hall–Kier alpha value is -1.49. The number of aromatic hydroxyl groups is 1. The van der Waals surface area contributed by atoms with Crippen molar-refractivity contribution in [3.8, 4) is 11.5 Å². The van der Waals surface area contributed by atoms with Gasteiger partial charge in [-0.15, -0.1) is 0 Å². The molecule has 0 saturated carbocycles. The number of methoxy groups -OCH3 is 1. The van der Waals surface area contributed by atoms with Crippen LogP contribution in [-0.4, -0.2) is 23.3 Å². The number of hydrogen-bond acceptors (Lipinski definition) is 3. The molecule has 1 aromatic carbocycles. The second-order valence-electron chi connectivity index (χ2n) is 3.46. The fourth-order valence-corrected chi connectivity index (χ4v) is 1.67. The number of aryl methyl sites for hydroxylation is 1. The third kappa shape index (κ3) is 3.23. The second-order valence-corrected chi connectivity index (χ2v) is 3.87. The lowest BCUT2D eigenvalue weighted by Crippen LogP contribution is -1.98. The van der Waals surface area contributed by atoms with E-state index in [9.17, 15) is 14.3 Å². The number of rotatable bonds is 5. The van der Waals surface area contributed by atoms with Gasteiger partial charge < -0.3 is 14.9 Å². The number of hydrogen-bond donors (Lipinski definition) is 2. The standard InChI is InChI=1S/C11H12ClFO4/c1-17-11-9(13)7(12)5-6(10(11)16)3-2-4-8(14)15/h5,16H,2-4H2,1H3,(H,14,15). The molecule has 94 valence electrons. The zero-order chi connectivity index (χ0) is 13.0. The van der Waals surface area contributed by atoms with Crippen LogP contribution >= 0.6 is 11.6 Å². The van der Waals surface area contributed by atoms with Gasteiger partial charge in [0.15, 0.2) is 17.3 Å². The normalized spacial score (nSPS) is 10.3. The molecule has 0 aromatic heterocycles. The molecule has 0 spiro atoms. The predicted octanol–water partition coefficient (Wildman–Crippen LogP) is 2.60. The molecule has 1 aromatic rings. The highest BCUT2D eigenvalue weighted by Crippen LogP contribution is 2.37. The Morgan fingerprint density at radius 1 is 1.59 bits per heavy atom. The van der Waals surface area contributed by atoms with Crippen LogP contribution in [0.2, 0.25) is 5.02 Å². The van der Waals surface area contributed by atoms with E-state index >= 15 is 0 Å². The van der Waals surface area contributed by atoms with Gasteiger partial charge in [0, 0.05) is 6.42 Å². The first-order chi connectivity index (χ1) is 7.97. The molecule has 0 aliphatic rings. The van der Waals surface area contributed by atoms with Crippen molar-refractivity contribution >= 4 is 17.6 Å². The van der Waals surface area contributed by atoms with E-state index in [0.29, 0.717) is 12.0 Å². The Morgan fingerprint density at radius 2 is 2.24 bits per heavy atom. The number of phenolic OH excluding ortho intramolecular Hbond substituents is 1. The summed E-state index contributed by atoms with van der Waals surface area (Å²) in [4.78, 5) is 10.3. The summed E-state index contributed by atoms with van der Waals surface area (Å²) >= 11 is 5.63. The van der Waals surface area contributed by atoms with Crippen molar-refractivity contribution in [2.75, 3.05) is 7.11 Å². The summed E-state index contributed by atoms with van der Waals surface area (Å²) < 4.78 is 18.1. The smallest absolute Gasteiger partial charge is 0.303 e. The highest BCUT2D eigenvalue weighted by atomic mass is 35.5. The maximum Gasteiger partial charge on any atom is 0.303 e. The molecule has 4 nitrogen and oxygen atoms in total. The van der Waals surface area contributed by atoms with Crippen molar-refractivity contribution in [2.24, 2.45) is 0 Å². The number of carboxylic acid groups (broad SMARTS) is 1. The van der Waals surface area contributed by atoms with E-state index in [1.165, 1.54) is 13.2 Å². The molecule has 0 amide bonds. The van der Waals surface area contributed by atoms with Gasteiger partial charge in [0.2, 0.25) is 0 Å². The van der Waals surface area contributed by atoms with Gasteiger partial charge in [-0.05, 0) is 24.5 Å². The van der Waals surface area contributed by atoms with Crippen molar-refractivity contribution in [3.05, 3.63) is 22.5 Å². The minimum Gasteiger partial charge on any atom is -0.504 e. The first kappa shape index (κ1) is 13.6. The Bertz CT molecular complexity index is 434. The lowest BCUT2D eigenvalue weighted by atomic mass is 10.1. The van der Waals surface area contributed by atoms with Gasteiger partial charge in [0.25, 0.3) is 0 Å². The molecule has 0 atom stereocenters. The Morgan fingerprint density at radius 3 is 2.76 bits per heavy atom.